The number of carbonyl (C=O) groups excluding carboxylic acids is 1. The van der Waals surface area contributed by atoms with E-state index in [1.807, 2.05) is 6.07 Å². The van der Waals surface area contributed by atoms with E-state index in [1.54, 1.807) is 17.8 Å². The van der Waals surface area contributed by atoms with Crippen molar-refractivity contribution in [2.45, 2.75) is 6.04 Å². The van der Waals surface area contributed by atoms with Crippen molar-refractivity contribution >= 4 is 39.3 Å². The van der Waals surface area contributed by atoms with Crippen molar-refractivity contribution in [3.63, 3.8) is 0 Å². The molecular formula is C12H13BrN2O3S. The van der Waals surface area contributed by atoms with Crippen molar-refractivity contribution in [3.05, 3.63) is 16.6 Å². The van der Waals surface area contributed by atoms with Gasteiger partial charge in [0.2, 0.25) is 5.91 Å². The molecule has 1 aromatic rings. The second-order valence-corrected chi connectivity index (χ2v) is 6.12. The number of ether oxygens (including phenoxy) is 2. The first-order chi connectivity index (χ1) is 9.24. The molecule has 1 amide bonds. The highest BCUT2D eigenvalue weighted by molar-refractivity contribution is 9.10. The lowest BCUT2D eigenvalue weighted by atomic mass is 10.2. The van der Waals surface area contributed by atoms with Crippen LogP contribution in [-0.4, -0.2) is 36.8 Å². The van der Waals surface area contributed by atoms with Gasteiger partial charge in [-0.1, -0.05) is 0 Å². The van der Waals surface area contributed by atoms with Gasteiger partial charge in [0.05, 0.1) is 11.7 Å². The zero-order valence-electron chi connectivity index (χ0n) is 10.1. The van der Waals surface area contributed by atoms with Gasteiger partial charge in [0.1, 0.15) is 13.2 Å². The van der Waals surface area contributed by atoms with Crippen LogP contribution in [-0.2, 0) is 4.79 Å². The number of halogens is 1. The van der Waals surface area contributed by atoms with E-state index >= 15 is 0 Å². The third-order valence-corrected chi connectivity index (χ3v) is 4.52. The molecule has 0 aliphatic carbocycles. The molecule has 2 aliphatic heterocycles. The van der Waals surface area contributed by atoms with E-state index in [9.17, 15) is 4.79 Å². The van der Waals surface area contributed by atoms with Crippen LogP contribution >= 0.6 is 27.7 Å². The SMILES string of the molecule is O=C(Nc1cc2c(cc1Br)OCCO2)C1CSCN1. The van der Waals surface area contributed by atoms with E-state index < -0.39 is 0 Å². The van der Waals surface area contributed by atoms with Crippen molar-refractivity contribution in [2.24, 2.45) is 0 Å². The molecule has 0 saturated carbocycles. The fourth-order valence-electron chi connectivity index (χ4n) is 1.94. The van der Waals surface area contributed by atoms with Gasteiger partial charge in [0.25, 0.3) is 0 Å². The fraction of sp³-hybridized carbons (Fsp3) is 0.417. The predicted molar refractivity (Wildman–Crippen MR) is 78.0 cm³/mol. The predicted octanol–water partition coefficient (Wildman–Crippen LogP) is 1.82. The second kappa shape index (κ2) is 5.60. The molecule has 1 aromatic carbocycles. The van der Waals surface area contributed by atoms with Gasteiger partial charge >= 0.3 is 0 Å². The van der Waals surface area contributed by atoms with Gasteiger partial charge in [0.15, 0.2) is 11.5 Å². The van der Waals surface area contributed by atoms with Gasteiger partial charge < -0.3 is 14.8 Å². The lowest BCUT2D eigenvalue weighted by Crippen LogP contribution is -2.37. The third-order valence-electron chi connectivity index (χ3n) is 2.92. The first kappa shape index (κ1) is 13.1. The van der Waals surface area contributed by atoms with E-state index in [-0.39, 0.29) is 11.9 Å². The highest BCUT2D eigenvalue weighted by atomic mass is 79.9. The Morgan fingerprint density at radius 3 is 2.79 bits per heavy atom. The van der Waals surface area contributed by atoms with Gasteiger partial charge in [-0.25, -0.2) is 0 Å². The summed E-state index contributed by atoms with van der Waals surface area (Å²) >= 11 is 5.16. The summed E-state index contributed by atoms with van der Waals surface area (Å²) in [7, 11) is 0. The lowest BCUT2D eigenvalue weighted by molar-refractivity contribution is -0.117. The average molecular weight is 345 g/mol. The second-order valence-electron chi connectivity index (χ2n) is 4.24. The molecule has 19 heavy (non-hydrogen) atoms. The first-order valence-electron chi connectivity index (χ1n) is 5.95. The van der Waals surface area contributed by atoms with Gasteiger partial charge in [-0.05, 0) is 15.9 Å². The molecule has 102 valence electrons. The summed E-state index contributed by atoms with van der Waals surface area (Å²) in [6.45, 7) is 1.08. The van der Waals surface area contributed by atoms with E-state index in [4.69, 9.17) is 9.47 Å². The van der Waals surface area contributed by atoms with E-state index in [1.165, 1.54) is 0 Å². The zero-order valence-corrected chi connectivity index (χ0v) is 12.5. The Labute approximate surface area is 123 Å². The molecule has 2 N–H and O–H groups in total. The summed E-state index contributed by atoms with van der Waals surface area (Å²) in [6.07, 6.45) is 0. The van der Waals surface area contributed by atoms with Crippen molar-refractivity contribution < 1.29 is 14.3 Å². The van der Waals surface area contributed by atoms with E-state index in [2.05, 4.69) is 26.6 Å². The Hall–Kier alpha value is -0.920. The van der Waals surface area contributed by atoms with Crippen LogP contribution in [0.15, 0.2) is 16.6 Å². The first-order valence-corrected chi connectivity index (χ1v) is 7.90. The Morgan fingerprint density at radius 1 is 1.37 bits per heavy atom. The van der Waals surface area contributed by atoms with E-state index in [0.717, 1.165) is 16.1 Å². The number of fused-ring (bicyclic) bond motifs is 1. The summed E-state index contributed by atoms with van der Waals surface area (Å²) in [5, 5.41) is 6.04. The molecule has 1 saturated heterocycles. The number of hydrogen-bond acceptors (Lipinski definition) is 5. The minimum atomic E-state index is -0.134. The highest BCUT2D eigenvalue weighted by Crippen LogP contribution is 2.38. The van der Waals surface area contributed by atoms with Crippen LogP contribution in [0, 0.1) is 0 Å². The van der Waals surface area contributed by atoms with Crippen LogP contribution in [0.4, 0.5) is 5.69 Å². The number of anilines is 1. The Morgan fingerprint density at radius 2 is 2.11 bits per heavy atom. The highest BCUT2D eigenvalue weighted by Gasteiger charge is 2.24. The number of carbonyl (C=O) groups is 1. The molecule has 7 heteroatoms. The number of rotatable bonds is 2. The van der Waals surface area contributed by atoms with Gasteiger partial charge in [-0.3, -0.25) is 10.1 Å². The molecule has 3 rings (SSSR count). The largest absolute Gasteiger partial charge is 0.486 e. The van der Waals surface area contributed by atoms with Crippen molar-refractivity contribution in [1.82, 2.24) is 5.32 Å². The third kappa shape index (κ3) is 2.82. The monoisotopic (exact) mass is 344 g/mol. The summed E-state index contributed by atoms with van der Waals surface area (Å²) < 4.78 is 11.8. The van der Waals surface area contributed by atoms with Crippen LogP contribution in [0.3, 0.4) is 0 Å². The number of thioether (sulfide) groups is 1. The maximum absolute atomic E-state index is 12.1. The average Bonchev–Trinajstić information content (AvgIpc) is 2.93. The van der Waals surface area contributed by atoms with Crippen LogP contribution in [0.25, 0.3) is 0 Å². The molecule has 0 aromatic heterocycles. The summed E-state index contributed by atoms with van der Waals surface area (Å²) in [4.78, 5) is 12.1. The summed E-state index contributed by atoms with van der Waals surface area (Å²) in [5.41, 5.74) is 0.702. The van der Waals surface area contributed by atoms with Crippen LogP contribution in [0.1, 0.15) is 0 Å². The number of benzene rings is 1. The summed E-state index contributed by atoms with van der Waals surface area (Å²) in [6, 6.07) is 3.48. The van der Waals surface area contributed by atoms with Gasteiger partial charge in [-0.2, -0.15) is 0 Å². The van der Waals surface area contributed by atoms with Crippen molar-refractivity contribution in [2.75, 3.05) is 30.2 Å². The molecule has 0 spiro atoms. The van der Waals surface area contributed by atoms with Crippen molar-refractivity contribution in [3.8, 4) is 11.5 Å². The fourth-order valence-corrected chi connectivity index (χ4v) is 3.31. The van der Waals surface area contributed by atoms with Crippen LogP contribution in [0.2, 0.25) is 0 Å². The molecule has 2 heterocycles. The van der Waals surface area contributed by atoms with Crippen molar-refractivity contribution in [1.29, 1.82) is 0 Å². The smallest absolute Gasteiger partial charge is 0.242 e. The minimum absolute atomic E-state index is 0.0256. The standard InChI is InChI=1S/C12H13BrN2O3S/c13-7-3-10-11(18-2-1-17-10)4-8(7)15-12(16)9-5-19-6-14-9/h3-4,9,14H,1-2,5-6H2,(H,15,16). The van der Waals surface area contributed by atoms with Gasteiger partial charge in [-0.15, -0.1) is 11.8 Å². The number of nitrogens with one attached hydrogen (secondary N) is 2. The molecule has 0 radical (unpaired) electrons. The normalized spacial score (nSPS) is 21.2. The maximum Gasteiger partial charge on any atom is 0.242 e. The Balaban J connectivity index is 1.78. The molecule has 1 unspecified atom stereocenters. The topological polar surface area (TPSA) is 59.6 Å². The molecule has 2 aliphatic rings. The Bertz CT molecular complexity index is 506. The Kier molecular flexibility index (Phi) is 3.86. The van der Waals surface area contributed by atoms with Crippen LogP contribution < -0.4 is 20.1 Å². The molecule has 1 fully saturated rings. The number of hydrogen-bond donors (Lipinski definition) is 2. The molecular weight excluding hydrogens is 332 g/mol. The minimum Gasteiger partial charge on any atom is -0.486 e. The molecule has 1 atom stereocenters. The number of amides is 1. The van der Waals surface area contributed by atoms with Crippen LogP contribution in [0.5, 0.6) is 11.5 Å². The van der Waals surface area contributed by atoms with E-state index in [0.29, 0.717) is 30.4 Å². The quantitative estimate of drug-likeness (QED) is 0.856. The summed E-state index contributed by atoms with van der Waals surface area (Å²) in [5.74, 6) is 2.96. The lowest BCUT2D eigenvalue weighted by Gasteiger charge is -2.20. The molecule has 5 nitrogen and oxygen atoms in total. The zero-order chi connectivity index (χ0) is 13.2. The van der Waals surface area contributed by atoms with Gasteiger partial charge in [0, 0.05) is 28.2 Å². The maximum atomic E-state index is 12.1. The molecule has 0 bridgehead atoms.